The van der Waals surface area contributed by atoms with E-state index >= 15 is 0 Å². The van der Waals surface area contributed by atoms with Crippen molar-refractivity contribution in [1.82, 2.24) is 5.48 Å². The van der Waals surface area contributed by atoms with Crippen LogP contribution in [0.2, 0.25) is 0 Å². The molecule has 1 unspecified atom stereocenters. The third kappa shape index (κ3) is 2.79. The Kier molecular flexibility index (Phi) is 3.49. The Balaban J connectivity index is 2.18. The summed E-state index contributed by atoms with van der Waals surface area (Å²) >= 11 is 0. The van der Waals surface area contributed by atoms with Crippen LogP contribution >= 0.6 is 0 Å². The first-order valence-electron chi connectivity index (χ1n) is 4.27. The van der Waals surface area contributed by atoms with Crippen LogP contribution in [0.5, 0.6) is 0 Å². The standard InChI is InChI=1S/C8H15NO3/c1-6(2)12-9-8(10)7-4-3-5-11-7/h6-7H,3-5H2,1-2H3,(H,9,10). The molecule has 1 saturated heterocycles. The van der Waals surface area contributed by atoms with Crippen molar-refractivity contribution >= 4 is 5.91 Å². The third-order valence-electron chi connectivity index (χ3n) is 1.62. The summed E-state index contributed by atoms with van der Waals surface area (Å²) in [6.07, 6.45) is 1.46. The molecule has 70 valence electrons. The fraction of sp³-hybridized carbons (Fsp3) is 0.875. The van der Waals surface area contributed by atoms with Crippen molar-refractivity contribution in [3.05, 3.63) is 0 Å². The van der Waals surface area contributed by atoms with Crippen LogP contribution in [0, 0.1) is 0 Å². The van der Waals surface area contributed by atoms with Gasteiger partial charge in [-0.15, -0.1) is 0 Å². The second-order valence-electron chi connectivity index (χ2n) is 3.13. The molecular formula is C8H15NO3. The van der Waals surface area contributed by atoms with E-state index in [2.05, 4.69) is 5.48 Å². The van der Waals surface area contributed by atoms with Gasteiger partial charge in [-0.3, -0.25) is 9.63 Å². The van der Waals surface area contributed by atoms with Gasteiger partial charge in [0.05, 0.1) is 6.10 Å². The van der Waals surface area contributed by atoms with Gasteiger partial charge in [0.15, 0.2) is 0 Å². The number of carbonyl (C=O) groups is 1. The second-order valence-corrected chi connectivity index (χ2v) is 3.13. The molecule has 1 fully saturated rings. The molecule has 0 radical (unpaired) electrons. The maximum Gasteiger partial charge on any atom is 0.272 e. The number of amides is 1. The van der Waals surface area contributed by atoms with Gasteiger partial charge in [0.1, 0.15) is 6.10 Å². The van der Waals surface area contributed by atoms with Gasteiger partial charge >= 0.3 is 0 Å². The Morgan fingerprint density at radius 3 is 2.92 bits per heavy atom. The van der Waals surface area contributed by atoms with Crippen LogP contribution in [0.25, 0.3) is 0 Å². The highest BCUT2D eigenvalue weighted by Crippen LogP contribution is 2.11. The predicted octanol–water partition coefficient (Wildman–Crippen LogP) is 0.622. The molecule has 1 N–H and O–H groups in total. The maximum atomic E-state index is 11.2. The minimum atomic E-state index is -0.302. The zero-order chi connectivity index (χ0) is 8.97. The molecule has 1 amide bonds. The molecular weight excluding hydrogens is 158 g/mol. The average molecular weight is 173 g/mol. The molecule has 1 heterocycles. The van der Waals surface area contributed by atoms with E-state index in [1.54, 1.807) is 0 Å². The number of hydrogen-bond donors (Lipinski definition) is 1. The van der Waals surface area contributed by atoms with Crippen molar-refractivity contribution < 1.29 is 14.4 Å². The van der Waals surface area contributed by atoms with Crippen LogP contribution in [-0.4, -0.2) is 24.7 Å². The highest BCUT2D eigenvalue weighted by atomic mass is 16.7. The van der Waals surface area contributed by atoms with E-state index in [9.17, 15) is 4.79 Å². The Bertz CT molecular complexity index is 152. The van der Waals surface area contributed by atoms with Gasteiger partial charge in [0.2, 0.25) is 0 Å². The first-order chi connectivity index (χ1) is 5.70. The van der Waals surface area contributed by atoms with Gasteiger partial charge in [-0.1, -0.05) is 0 Å². The topological polar surface area (TPSA) is 47.6 Å². The molecule has 0 spiro atoms. The van der Waals surface area contributed by atoms with Gasteiger partial charge < -0.3 is 4.74 Å². The summed E-state index contributed by atoms with van der Waals surface area (Å²) < 4.78 is 5.15. The van der Waals surface area contributed by atoms with E-state index in [1.165, 1.54) is 0 Å². The third-order valence-corrected chi connectivity index (χ3v) is 1.62. The van der Waals surface area contributed by atoms with Gasteiger partial charge in [-0.25, -0.2) is 5.48 Å². The van der Waals surface area contributed by atoms with Gasteiger partial charge in [-0.2, -0.15) is 0 Å². The number of nitrogens with one attached hydrogen (secondary N) is 1. The zero-order valence-electron chi connectivity index (χ0n) is 7.50. The Morgan fingerprint density at radius 1 is 1.67 bits per heavy atom. The van der Waals surface area contributed by atoms with Crippen LogP contribution < -0.4 is 5.48 Å². The fourth-order valence-electron chi connectivity index (χ4n) is 1.03. The molecule has 1 atom stereocenters. The molecule has 0 bridgehead atoms. The molecule has 1 aliphatic heterocycles. The minimum Gasteiger partial charge on any atom is -0.368 e. The molecule has 0 aliphatic carbocycles. The first-order valence-corrected chi connectivity index (χ1v) is 4.27. The van der Waals surface area contributed by atoms with E-state index in [4.69, 9.17) is 9.57 Å². The molecule has 1 rings (SSSR count). The number of hydrogen-bond acceptors (Lipinski definition) is 3. The minimum absolute atomic E-state index is 0.00959. The van der Waals surface area contributed by atoms with Crippen LogP contribution in [0.15, 0.2) is 0 Å². The lowest BCUT2D eigenvalue weighted by molar-refractivity contribution is -0.146. The molecule has 0 aromatic heterocycles. The Labute approximate surface area is 72.2 Å². The van der Waals surface area contributed by atoms with E-state index in [-0.39, 0.29) is 18.1 Å². The van der Waals surface area contributed by atoms with Crippen LogP contribution in [0.1, 0.15) is 26.7 Å². The number of carbonyl (C=O) groups excluding carboxylic acids is 1. The first kappa shape index (κ1) is 9.48. The number of ether oxygens (including phenoxy) is 1. The zero-order valence-corrected chi connectivity index (χ0v) is 7.50. The fourth-order valence-corrected chi connectivity index (χ4v) is 1.03. The highest BCUT2D eigenvalue weighted by Gasteiger charge is 2.23. The molecule has 4 nitrogen and oxygen atoms in total. The van der Waals surface area contributed by atoms with Crippen LogP contribution in [0.3, 0.4) is 0 Å². The SMILES string of the molecule is CC(C)ONC(=O)C1CCCO1. The summed E-state index contributed by atoms with van der Waals surface area (Å²) in [5, 5.41) is 0. The van der Waals surface area contributed by atoms with Crippen molar-refractivity contribution in [2.75, 3.05) is 6.61 Å². The summed E-state index contributed by atoms with van der Waals surface area (Å²) in [7, 11) is 0. The molecule has 0 aromatic carbocycles. The summed E-state index contributed by atoms with van der Waals surface area (Å²) in [5.41, 5.74) is 2.36. The summed E-state index contributed by atoms with van der Waals surface area (Å²) in [6.45, 7) is 4.39. The van der Waals surface area contributed by atoms with E-state index in [0.29, 0.717) is 6.61 Å². The molecule has 0 saturated carbocycles. The average Bonchev–Trinajstić information content (AvgIpc) is 2.51. The van der Waals surface area contributed by atoms with Crippen LogP contribution in [-0.2, 0) is 14.4 Å². The molecule has 0 aromatic rings. The Morgan fingerprint density at radius 2 is 2.42 bits per heavy atom. The number of rotatable bonds is 3. The lowest BCUT2D eigenvalue weighted by Crippen LogP contribution is -2.35. The summed E-state index contributed by atoms with van der Waals surface area (Å²) in [5.74, 6) is -0.166. The van der Waals surface area contributed by atoms with Crippen molar-refractivity contribution in [3.63, 3.8) is 0 Å². The predicted molar refractivity (Wildman–Crippen MR) is 43.3 cm³/mol. The van der Waals surface area contributed by atoms with E-state index in [0.717, 1.165) is 12.8 Å². The van der Waals surface area contributed by atoms with Crippen molar-refractivity contribution in [2.45, 2.75) is 38.9 Å². The lowest BCUT2D eigenvalue weighted by atomic mass is 10.2. The molecule has 1 aliphatic rings. The monoisotopic (exact) mass is 173 g/mol. The smallest absolute Gasteiger partial charge is 0.272 e. The maximum absolute atomic E-state index is 11.2. The lowest BCUT2D eigenvalue weighted by Gasteiger charge is -2.11. The van der Waals surface area contributed by atoms with E-state index < -0.39 is 0 Å². The normalized spacial score (nSPS) is 23.1. The van der Waals surface area contributed by atoms with E-state index in [1.807, 2.05) is 13.8 Å². The second kappa shape index (κ2) is 4.42. The molecule has 4 heteroatoms. The van der Waals surface area contributed by atoms with Gasteiger partial charge in [0.25, 0.3) is 5.91 Å². The van der Waals surface area contributed by atoms with Gasteiger partial charge in [-0.05, 0) is 26.7 Å². The van der Waals surface area contributed by atoms with Crippen molar-refractivity contribution in [3.8, 4) is 0 Å². The summed E-state index contributed by atoms with van der Waals surface area (Å²) in [6, 6.07) is 0. The van der Waals surface area contributed by atoms with Crippen LogP contribution in [0.4, 0.5) is 0 Å². The molecule has 12 heavy (non-hydrogen) atoms. The Hall–Kier alpha value is -0.610. The highest BCUT2D eigenvalue weighted by molar-refractivity contribution is 5.79. The summed E-state index contributed by atoms with van der Waals surface area (Å²) in [4.78, 5) is 16.1. The van der Waals surface area contributed by atoms with Crippen molar-refractivity contribution in [1.29, 1.82) is 0 Å². The quantitative estimate of drug-likeness (QED) is 0.636. The van der Waals surface area contributed by atoms with Crippen molar-refractivity contribution in [2.24, 2.45) is 0 Å². The van der Waals surface area contributed by atoms with Gasteiger partial charge in [0, 0.05) is 6.61 Å². The largest absolute Gasteiger partial charge is 0.368 e. The number of hydroxylamine groups is 1.